The molecule has 0 bridgehead atoms. The van der Waals surface area contributed by atoms with Gasteiger partial charge < -0.3 is 30.4 Å². The molecule has 0 aliphatic carbocycles. The van der Waals surface area contributed by atoms with E-state index in [9.17, 15) is 14.7 Å². The number of nitrogens with one attached hydrogen (secondary N) is 1. The molecule has 0 unspecified atom stereocenters. The van der Waals surface area contributed by atoms with E-state index in [0.717, 1.165) is 16.7 Å². The third kappa shape index (κ3) is 4.99. The number of nitrogens with two attached hydrogens (primary N) is 1. The molecule has 3 aromatic rings. The molecule has 8 heteroatoms. The lowest BCUT2D eigenvalue weighted by molar-refractivity contribution is -0.149. The Bertz CT molecular complexity index is 1210. The van der Waals surface area contributed by atoms with Crippen LogP contribution < -0.4 is 20.5 Å². The van der Waals surface area contributed by atoms with Crippen molar-refractivity contribution < 1.29 is 28.9 Å². The molecular weight excluding hydrogens is 460 g/mol. The zero-order chi connectivity index (χ0) is 25.7. The van der Waals surface area contributed by atoms with Crippen LogP contribution in [0.25, 0.3) is 11.1 Å². The van der Waals surface area contributed by atoms with E-state index in [4.69, 9.17) is 19.9 Å². The Morgan fingerprint density at radius 1 is 1.06 bits per heavy atom. The Morgan fingerprint density at radius 2 is 1.72 bits per heavy atom. The molecule has 0 radical (unpaired) electrons. The van der Waals surface area contributed by atoms with Crippen molar-refractivity contribution in [3.63, 3.8) is 0 Å². The molecule has 1 saturated heterocycles. The van der Waals surface area contributed by atoms with E-state index in [0.29, 0.717) is 42.2 Å². The summed E-state index contributed by atoms with van der Waals surface area (Å²) in [6, 6.07) is 18.8. The van der Waals surface area contributed by atoms with E-state index in [1.165, 1.54) is 0 Å². The summed E-state index contributed by atoms with van der Waals surface area (Å²) in [4.78, 5) is 25.5. The number of aliphatic carboxylic acids is 1. The first-order valence-corrected chi connectivity index (χ1v) is 11.7. The van der Waals surface area contributed by atoms with Crippen molar-refractivity contribution in [2.45, 2.75) is 30.9 Å². The largest absolute Gasteiger partial charge is 0.496 e. The lowest BCUT2D eigenvalue weighted by Crippen LogP contribution is -2.51. The van der Waals surface area contributed by atoms with Crippen molar-refractivity contribution >= 4 is 17.6 Å². The highest BCUT2D eigenvalue weighted by Crippen LogP contribution is 2.39. The zero-order valence-corrected chi connectivity index (χ0v) is 20.3. The van der Waals surface area contributed by atoms with Crippen LogP contribution >= 0.6 is 0 Å². The molecule has 4 N–H and O–H groups in total. The van der Waals surface area contributed by atoms with Gasteiger partial charge in [-0.1, -0.05) is 42.5 Å². The van der Waals surface area contributed by atoms with Gasteiger partial charge in [-0.2, -0.15) is 0 Å². The summed E-state index contributed by atoms with van der Waals surface area (Å²) in [7, 11) is 3.19. The number of benzene rings is 3. The van der Waals surface area contributed by atoms with Crippen LogP contribution in [0.1, 0.15) is 24.0 Å². The van der Waals surface area contributed by atoms with Gasteiger partial charge in [0.25, 0.3) is 5.91 Å². The first-order valence-electron chi connectivity index (χ1n) is 11.7. The minimum Gasteiger partial charge on any atom is -0.496 e. The van der Waals surface area contributed by atoms with Crippen LogP contribution in [0.4, 0.5) is 5.69 Å². The molecule has 0 aromatic heterocycles. The number of amides is 1. The van der Waals surface area contributed by atoms with Gasteiger partial charge in [0.1, 0.15) is 17.5 Å². The zero-order valence-electron chi connectivity index (χ0n) is 20.3. The molecule has 0 spiro atoms. The van der Waals surface area contributed by atoms with Gasteiger partial charge in [0, 0.05) is 18.7 Å². The van der Waals surface area contributed by atoms with Crippen LogP contribution in [0.2, 0.25) is 0 Å². The summed E-state index contributed by atoms with van der Waals surface area (Å²) in [6.45, 7) is 0.411. The van der Waals surface area contributed by atoms with Crippen molar-refractivity contribution in [1.82, 2.24) is 5.32 Å². The number of hydrogen-bond acceptors (Lipinski definition) is 6. The Balaban J connectivity index is 1.55. The van der Waals surface area contributed by atoms with E-state index in [2.05, 4.69) is 5.32 Å². The van der Waals surface area contributed by atoms with Gasteiger partial charge in [0.15, 0.2) is 5.60 Å². The van der Waals surface area contributed by atoms with Crippen molar-refractivity contribution in [1.29, 1.82) is 0 Å². The number of hydrogen-bond donors (Lipinski definition) is 3. The molecule has 8 nitrogen and oxygen atoms in total. The maximum absolute atomic E-state index is 13.4. The number of carbonyl (C=O) groups excluding carboxylic acids is 1. The number of anilines is 1. The maximum atomic E-state index is 13.4. The van der Waals surface area contributed by atoms with Gasteiger partial charge in [-0.3, -0.25) is 4.79 Å². The molecule has 1 heterocycles. The van der Waals surface area contributed by atoms with Crippen LogP contribution in [-0.2, 0) is 26.3 Å². The third-order valence-corrected chi connectivity index (χ3v) is 6.46. The quantitative estimate of drug-likeness (QED) is 0.391. The fourth-order valence-corrected chi connectivity index (χ4v) is 4.62. The molecule has 2 atom stereocenters. The predicted octanol–water partition coefficient (Wildman–Crippen LogP) is 3.77. The summed E-state index contributed by atoms with van der Waals surface area (Å²) in [5.41, 5.74) is 8.23. The molecule has 36 heavy (non-hydrogen) atoms. The van der Waals surface area contributed by atoms with Crippen molar-refractivity contribution in [2.75, 3.05) is 26.6 Å². The molecule has 1 amide bonds. The van der Waals surface area contributed by atoms with E-state index in [1.807, 2.05) is 42.5 Å². The number of carbonyl (C=O) groups is 2. The summed E-state index contributed by atoms with van der Waals surface area (Å²) in [5, 5.41) is 12.6. The van der Waals surface area contributed by atoms with Gasteiger partial charge in [-0.15, -0.1) is 0 Å². The number of carboxylic acid groups (broad SMARTS) is 1. The Hall–Kier alpha value is -4.04. The van der Waals surface area contributed by atoms with Crippen molar-refractivity contribution in [3.05, 3.63) is 77.9 Å². The maximum Gasteiger partial charge on any atom is 0.326 e. The Labute approximate surface area is 210 Å². The van der Waals surface area contributed by atoms with Crippen LogP contribution in [0.15, 0.2) is 66.7 Å². The molecule has 188 valence electrons. The predicted molar refractivity (Wildman–Crippen MR) is 136 cm³/mol. The Morgan fingerprint density at radius 3 is 2.28 bits per heavy atom. The van der Waals surface area contributed by atoms with Gasteiger partial charge in [-0.25, -0.2) is 4.79 Å². The first-order chi connectivity index (χ1) is 17.4. The summed E-state index contributed by atoms with van der Waals surface area (Å²) < 4.78 is 16.9. The molecule has 0 saturated carbocycles. The van der Waals surface area contributed by atoms with Crippen LogP contribution in [0, 0.1) is 0 Å². The normalized spacial score (nSPS) is 17.8. The smallest absolute Gasteiger partial charge is 0.326 e. The second-order valence-corrected chi connectivity index (χ2v) is 8.71. The first kappa shape index (κ1) is 25.1. The van der Waals surface area contributed by atoms with E-state index in [1.54, 1.807) is 38.5 Å². The van der Waals surface area contributed by atoms with Crippen molar-refractivity contribution in [2.24, 2.45) is 0 Å². The summed E-state index contributed by atoms with van der Waals surface area (Å²) in [6.07, 6.45) is 1.25. The highest BCUT2D eigenvalue weighted by Gasteiger charge is 2.45. The average molecular weight is 491 g/mol. The molecule has 1 fully saturated rings. The van der Waals surface area contributed by atoms with Crippen LogP contribution in [0.5, 0.6) is 11.5 Å². The minimum atomic E-state index is -1.26. The lowest BCUT2D eigenvalue weighted by atomic mass is 9.89. The molecule has 3 aromatic carbocycles. The number of nitrogen functional groups attached to an aromatic ring is 1. The Kier molecular flexibility index (Phi) is 7.45. The number of ether oxygens (including phenoxy) is 3. The van der Waals surface area contributed by atoms with E-state index < -0.39 is 23.5 Å². The second kappa shape index (κ2) is 10.7. The lowest BCUT2D eigenvalue weighted by Gasteiger charge is -2.29. The third-order valence-electron chi connectivity index (χ3n) is 6.46. The highest BCUT2D eigenvalue weighted by atomic mass is 16.5. The summed E-state index contributed by atoms with van der Waals surface area (Å²) >= 11 is 0. The molecule has 1 aliphatic heterocycles. The van der Waals surface area contributed by atoms with Crippen LogP contribution in [-0.4, -0.2) is 43.9 Å². The molecular formula is C28H30N2O6. The fraction of sp³-hybridized carbons (Fsp3) is 0.286. The molecule has 1 aliphatic rings. The summed E-state index contributed by atoms with van der Waals surface area (Å²) in [5.74, 6) is -0.268. The van der Waals surface area contributed by atoms with E-state index >= 15 is 0 Å². The van der Waals surface area contributed by atoms with Gasteiger partial charge in [-0.05, 0) is 53.8 Å². The van der Waals surface area contributed by atoms with Crippen LogP contribution in [0.3, 0.4) is 0 Å². The van der Waals surface area contributed by atoms with E-state index in [-0.39, 0.29) is 6.42 Å². The molecule has 4 rings (SSSR count). The van der Waals surface area contributed by atoms with Gasteiger partial charge in [0.05, 0.1) is 19.8 Å². The minimum absolute atomic E-state index is 0.109. The monoisotopic (exact) mass is 490 g/mol. The number of rotatable bonds is 9. The number of carboxylic acids is 1. The topological polar surface area (TPSA) is 120 Å². The fourth-order valence-electron chi connectivity index (χ4n) is 4.62. The van der Waals surface area contributed by atoms with Gasteiger partial charge >= 0.3 is 5.97 Å². The standard InChI is InChI=1S/C28H30N2O6/c1-34-23-8-4-9-24(35-2)25(23)19-12-10-18(11-13-19)16-22(26(31)32)30-27(33)28(14-5-15-36-28)20-6-3-7-21(29)17-20/h3-4,6-13,17,22H,5,14-16,29H2,1-2H3,(H,30,33)(H,31,32)/t22-,28-/m0/s1. The number of methoxy groups -OCH3 is 2. The highest BCUT2D eigenvalue weighted by molar-refractivity contribution is 5.91. The van der Waals surface area contributed by atoms with Crippen molar-refractivity contribution in [3.8, 4) is 22.6 Å². The second-order valence-electron chi connectivity index (χ2n) is 8.71. The average Bonchev–Trinajstić information content (AvgIpc) is 3.39. The SMILES string of the molecule is COc1cccc(OC)c1-c1ccc(C[C@H](NC(=O)[C@@]2(c3cccc(N)c3)CCCO2)C(=O)O)cc1. The van der Waals surface area contributed by atoms with Gasteiger partial charge in [0.2, 0.25) is 0 Å².